The van der Waals surface area contributed by atoms with Crippen LogP contribution >= 0.6 is 0 Å². The SMILES string of the molecule is OC1CCNC12COc1ccccc12. The van der Waals surface area contributed by atoms with E-state index < -0.39 is 0 Å². The molecule has 1 spiro atoms. The number of hydrogen-bond acceptors (Lipinski definition) is 3. The first kappa shape index (κ1) is 8.26. The summed E-state index contributed by atoms with van der Waals surface area (Å²) in [5.41, 5.74) is 0.765. The highest BCUT2D eigenvalue weighted by Gasteiger charge is 2.49. The third-order valence-electron chi connectivity index (χ3n) is 3.25. The van der Waals surface area contributed by atoms with E-state index in [1.54, 1.807) is 0 Å². The van der Waals surface area contributed by atoms with Crippen molar-refractivity contribution in [3.05, 3.63) is 29.8 Å². The Morgan fingerprint density at radius 1 is 1.43 bits per heavy atom. The molecule has 2 N–H and O–H groups in total. The van der Waals surface area contributed by atoms with Crippen molar-refractivity contribution in [3.63, 3.8) is 0 Å². The number of rotatable bonds is 0. The van der Waals surface area contributed by atoms with E-state index in [1.807, 2.05) is 24.3 Å². The van der Waals surface area contributed by atoms with Gasteiger partial charge in [-0.05, 0) is 19.0 Å². The van der Waals surface area contributed by atoms with Crippen molar-refractivity contribution in [1.82, 2.24) is 5.32 Å². The van der Waals surface area contributed by atoms with Crippen LogP contribution in [0.15, 0.2) is 24.3 Å². The fourth-order valence-electron chi connectivity index (χ4n) is 2.45. The van der Waals surface area contributed by atoms with Gasteiger partial charge in [0.15, 0.2) is 0 Å². The fourth-order valence-corrected chi connectivity index (χ4v) is 2.45. The predicted molar refractivity (Wildman–Crippen MR) is 52.2 cm³/mol. The first-order chi connectivity index (χ1) is 6.83. The number of nitrogens with one attached hydrogen (secondary N) is 1. The van der Waals surface area contributed by atoms with Gasteiger partial charge in [-0.25, -0.2) is 0 Å². The maximum Gasteiger partial charge on any atom is 0.124 e. The smallest absolute Gasteiger partial charge is 0.124 e. The standard InChI is InChI=1S/C11H13NO2/c13-10-5-6-12-11(10)7-14-9-4-2-1-3-8(9)11/h1-4,10,12-13H,5-7H2. The molecule has 74 valence electrons. The summed E-state index contributed by atoms with van der Waals surface area (Å²) in [6, 6.07) is 7.93. The molecular formula is C11H13NO2. The van der Waals surface area contributed by atoms with Gasteiger partial charge in [0.05, 0.1) is 6.10 Å². The zero-order valence-corrected chi connectivity index (χ0v) is 7.86. The van der Waals surface area contributed by atoms with Crippen molar-refractivity contribution in [3.8, 4) is 5.75 Å². The lowest BCUT2D eigenvalue weighted by Crippen LogP contribution is -2.46. The largest absolute Gasteiger partial charge is 0.491 e. The number of para-hydroxylation sites is 1. The predicted octanol–water partition coefficient (Wildman–Crippen LogP) is 0.628. The molecule has 0 saturated carbocycles. The number of fused-ring (bicyclic) bond motifs is 2. The Hall–Kier alpha value is -1.06. The van der Waals surface area contributed by atoms with Gasteiger partial charge in [0.2, 0.25) is 0 Å². The number of aliphatic hydroxyl groups is 1. The Labute approximate surface area is 82.7 Å². The second kappa shape index (κ2) is 2.72. The summed E-state index contributed by atoms with van der Waals surface area (Å²) in [6.07, 6.45) is 0.476. The van der Waals surface area contributed by atoms with Crippen LogP contribution in [0.2, 0.25) is 0 Å². The van der Waals surface area contributed by atoms with E-state index in [0.29, 0.717) is 6.61 Å². The van der Waals surface area contributed by atoms with E-state index in [4.69, 9.17) is 4.74 Å². The molecule has 0 aromatic heterocycles. The molecule has 1 fully saturated rings. The number of ether oxygens (including phenoxy) is 1. The van der Waals surface area contributed by atoms with E-state index in [2.05, 4.69) is 5.32 Å². The molecule has 2 unspecified atom stereocenters. The van der Waals surface area contributed by atoms with E-state index in [-0.39, 0.29) is 11.6 Å². The highest BCUT2D eigenvalue weighted by molar-refractivity contribution is 5.44. The number of hydrogen-bond donors (Lipinski definition) is 2. The van der Waals surface area contributed by atoms with Crippen LogP contribution in [0.3, 0.4) is 0 Å². The highest BCUT2D eigenvalue weighted by atomic mass is 16.5. The van der Waals surface area contributed by atoms with Gasteiger partial charge in [-0.2, -0.15) is 0 Å². The Kier molecular flexibility index (Phi) is 1.60. The van der Waals surface area contributed by atoms with Crippen molar-refractivity contribution in [2.24, 2.45) is 0 Å². The fraction of sp³-hybridized carbons (Fsp3) is 0.455. The van der Waals surface area contributed by atoms with Crippen molar-refractivity contribution >= 4 is 0 Å². The van der Waals surface area contributed by atoms with Gasteiger partial charge < -0.3 is 15.2 Å². The second-order valence-corrected chi connectivity index (χ2v) is 3.99. The van der Waals surface area contributed by atoms with Gasteiger partial charge in [0, 0.05) is 5.56 Å². The van der Waals surface area contributed by atoms with Gasteiger partial charge >= 0.3 is 0 Å². The second-order valence-electron chi connectivity index (χ2n) is 3.99. The average Bonchev–Trinajstić information content (AvgIpc) is 2.76. The van der Waals surface area contributed by atoms with Crippen molar-refractivity contribution in [2.45, 2.75) is 18.1 Å². The minimum atomic E-state index is -0.337. The lowest BCUT2D eigenvalue weighted by molar-refractivity contribution is 0.0788. The number of benzene rings is 1. The average molecular weight is 191 g/mol. The van der Waals surface area contributed by atoms with E-state index in [1.165, 1.54) is 0 Å². The van der Waals surface area contributed by atoms with Gasteiger partial charge in [0.1, 0.15) is 17.9 Å². The molecule has 3 heteroatoms. The maximum absolute atomic E-state index is 9.98. The summed E-state index contributed by atoms with van der Waals surface area (Å²) in [7, 11) is 0. The molecule has 1 aromatic rings. The van der Waals surface area contributed by atoms with Crippen molar-refractivity contribution < 1.29 is 9.84 Å². The van der Waals surface area contributed by atoms with Gasteiger partial charge in [-0.15, -0.1) is 0 Å². The molecule has 2 aliphatic rings. The Bertz CT molecular complexity index is 366. The number of aliphatic hydroxyl groups excluding tert-OH is 1. The molecule has 14 heavy (non-hydrogen) atoms. The third kappa shape index (κ3) is 0.885. The highest BCUT2D eigenvalue weighted by Crippen LogP contribution is 2.41. The van der Waals surface area contributed by atoms with Crippen LogP contribution in [0.1, 0.15) is 12.0 Å². The summed E-state index contributed by atoms with van der Waals surface area (Å²) in [4.78, 5) is 0. The maximum atomic E-state index is 9.98. The topological polar surface area (TPSA) is 41.5 Å². The Balaban J connectivity index is 2.12. The molecule has 2 aliphatic heterocycles. The van der Waals surface area contributed by atoms with Crippen LogP contribution in [0, 0.1) is 0 Å². The van der Waals surface area contributed by atoms with Crippen LogP contribution in [0.25, 0.3) is 0 Å². The molecule has 0 bridgehead atoms. The summed E-state index contributed by atoms with van der Waals surface area (Å²) >= 11 is 0. The van der Waals surface area contributed by atoms with Gasteiger partial charge in [-0.3, -0.25) is 0 Å². The molecule has 0 aliphatic carbocycles. The summed E-state index contributed by atoms with van der Waals surface area (Å²) in [5, 5.41) is 13.3. The van der Waals surface area contributed by atoms with Crippen LogP contribution in [-0.2, 0) is 5.54 Å². The molecule has 1 aromatic carbocycles. The van der Waals surface area contributed by atoms with E-state index in [0.717, 1.165) is 24.3 Å². The summed E-state index contributed by atoms with van der Waals surface area (Å²) in [6.45, 7) is 1.41. The van der Waals surface area contributed by atoms with Crippen molar-refractivity contribution in [1.29, 1.82) is 0 Å². The molecule has 2 atom stereocenters. The summed E-state index contributed by atoms with van der Waals surface area (Å²) in [5.74, 6) is 0.904. The van der Waals surface area contributed by atoms with Gasteiger partial charge in [0.25, 0.3) is 0 Å². The van der Waals surface area contributed by atoms with Crippen LogP contribution in [0.5, 0.6) is 5.75 Å². The van der Waals surface area contributed by atoms with Crippen molar-refractivity contribution in [2.75, 3.05) is 13.2 Å². The van der Waals surface area contributed by atoms with Crippen LogP contribution in [-0.4, -0.2) is 24.4 Å². The molecule has 0 amide bonds. The third-order valence-corrected chi connectivity index (χ3v) is 3.25. The van der Waals surface area contributed by atoms with Crippen LogP contribution in [0.4, 0.5) is 0 Å². The first-order valence-electron chi connectivity index (χ1n) is 4.98. The molecule has 3 rings (SSSR count). The van der Waals surface area contributed by atoms with E-state index >= 15 is 0 Å². The summed E-state index contributed by atoms with van der Waals surface area (Å²) < 4.78 is 5.58. The Morgan fingerprint density at radius 3 is 3.07 bits per heavy atom. The Morgan fingerprint density at radius 2 is 2.29 bits per heavy atom. The zero-order valence-electron chi connectivity index (χ0n) is 7.86. The van der Waals surface area contributed by atoms with Gasteiger partial charge in [-0.1, -0.05) is 18.2 Å². The normalized spacial score (nSPS) is 34.5. The molecular weight excluding hydrogens is 178 g/mol. The monoisotopic (exact) mass is 191 g/mol. The molecule has 2 heterocycles. The molecule has 3 nitrogen and oxygen atoms in total. The lowest BCUT2D eigenvalue weighted by Gasteiger charge is -2.26. The first-order valence-corrected chi connectivity index (χ1v) is 4.98. The molecule has 1 saturated heterocycles. The quantitative estimate of drug-likeness (QED) is 0.632. The lowest BCUT2D eigenvalue weighted by atomic mass is 9.88. The van der Waals surface area contributed by atoms with Crippen LogP contribution < -0.4 is 10.1 Å². The zero-order chi connectivity index (χ0) is 9.60. The molecule has 0 radical (unpaired) electrons. The minimum Gasteiger partial charge on any atom is -0.491 e. The van der Waals surface area contributed by atoms with E-state index in [9.17, 15) is 5.11 Å². The minimum absolute atomic E-state index is 0.328.